The van der Waals surface area contributed by atoms with E-state index in [9.17, 15) is 14.4 Å². The van der Waals surface area contributed by atoms with Gasteiger partial charge in [0.1, 0.15) is 0 Å². The normalized spacial score (nSPS) is 19.4. The number of carbonyl (C=O) groups is 3. The molecule has 4 rings (SSSR count). The quantitative estimate of drug-likeness (QED) is 0.687. The van der Waals surface area contributed by atoms with Gasteiger partial charge in [-0.05, 0) is 56.6 Å². The summed E-state index contributed by atoms with van der Waals surface area (Å²) in [5, 5.41) is 4.97. The van der Waals surface area contributed by atoms with E-state index in [0.29, 0.717) is 24.3 Å². The van der Waals surface area contributed by atoms with Crippen LogP contribution in [0.5, 0.6) is 0 Å². The van der Waals surface area contributed by atoms with E-state index in [4.69, 9.17) is 4.74 Å². The van der Waals surface area contributed by atoms with E-state index in [1.165, 1.54) is 15.8 Å². The Balaban J connectivity index is 1.45. The molecule has 8 heteroatoms. The van der Waals surface area contributed by atoms with Crippen LogP contribution in [0.2, 0.25) is 0 Å². The summed E-state index contributed by atoms with van der Waals surface area (Å²) in [5.41, 5.74) is 1.00. The fourth-order valence-electron chi connectivity index (χ4n) is 3.90. The van der Waals surface area contributed by atoms with Crippen molar-refractivity contribution in [3.05, 3.63) is 57.3 Å². The number of nitrogens with one attached hydrogen (secondary N) is 1. The molecule has 0 aliphatic carbocycles. The molecule has 0 saturated carbocycles. The SMILES string of the molecule is CN(C)C(CNC(=O)c1ccc2c(c1)C(=O)N(CC1CCCO1)C2=O)c1cccs1. The van der Waals surface area contributed by atoms with E-state index < -0.39 is 0 Å². The van der Waals surface area contributed by atoms with Crippen LogP contribution in [0.25, 0.3) is 0 Å². The first kappa shape index (κ1) is 20.7. The van der Waals surface area contributed by atoms with Crippen molar-refractivity contribution in [3.8, 4) is 0 Å². The van der Waals surface area contributed by atoms with Crippen molar-refractivity contribution in [1.29, 1.82) is 0 Å². The highest BCUT2D eigenvalue weighted by Gasteiger charge is 2.38. The standard InChI is InChI=1S/C22H25N3O4S/c1-24(2)18(19-6-4-10-30-19)12-23-20(26)14-7-8-16-17(11-14)22(28)25(21(16)27)13-15-5-3-9-29-15/h4,6-8,10-11,15,18H,3,5,9,12-13H2,1-2H3,(H,23,26). The molecular formula is C22H25N3O4S. The second-order valence-corrected chi connectivity index (χ2v) is 8.80. The number of likely N-dealkylation sites (N-methyl/N-ethyl adjacent to an activating group) is 1. The van der Waals surface area contributed by atoms with Crippen molar-refractivity contribution >= 4 is 29.1 Å². The lowest BCUT2D eigenvalue weighted by Gasteiger charge is -2.23. The Hall–Kier alpha value is -2.55. The van der Waals surface area contributed by atoms with Crippen molar-refractivity contribution in [2.45, 2.75) is 25.0 Å². The van der Waals surface area contributed by atoms with E-state index in [1.54, 1.807) is 23.5 Å². The summed E-state index contributed by atoms with van der Waals surface area (Å²) in [5.74, 6) is -0.938. The lowest BCUT2D eigenvalue weighted by atomic mass is 10.1. The molecule has 1 saturated heterocycles. The van der Waals surface area contributed by atoms with Gasteiger partial charge < -0.3 is 15.0 Å². The van der Waals surface area contributed by atoms with Crippen molar-refractivity contribution in [2.24, 2.45) is 0 Å². The first-order chi connectivity index (χ1) is 14.5. The van der Waals surface area contributed by atoms with E-state index in [-0.39, 0.29) is 42.0 Å². The van der Waals surface area contributed by atoms with E-state index in [0.717, 1.165) is 12.8 Å². The average molecular weight is 428 g/mol. The summed E-state index contributed by atoms with van der Waals surface area (Å²) in [6, 6.07) is 8.80. The average Bonchev–Trinajstić information content (AvgIpc) is 3.48. The number of thiophene rings is 1. The molecule has 1 aromatic carbocycles. The maximum absolute atomic E-state index is 12.8. The number of carbonyl (C=O) groups excluding carboxylic acids is 3. The van der Waals surface area contributed by atoms with E-state index in [2.05, 4.69) is 10.2 Å². The molecule has 0 spiro atoms. The Morgan fingerprint density at radius 1 is 1.27 bits per heavy atom. The lowest BCUT2D eigenvalue weighted by Crippen LogP contribution is -2.36. The number of ether oxygens (including phenoxy) is 1. The Morgan fingerprint density at radius 2 is 2.07 bits per heavy atom. The van der Waals surface area contributed by atoms with Crippen molar-refractivity contribution in [3.63, 3.8) is 0 Å². The molecule has 3 amide bonds. The van der Waals surface area contributed by atoms with Gasteiger partial charge in [0.25, 0.3) is 17.7 Å². The summed E-state index contributed by atoms with van der Waals surface area (Å²) in [7, 11) is 3.94. The molecule has 2 aromatic rings. The molecule has 1 fully saturated rings. The second kappa shape index (κ2) is 8.67. The third-order valence-electron chi connectivity index (χ3n) is 5.59. The fraction of sp³-hybridized carbons (Fsp3) is 0.409. The van der Waals surface area contributed by atoms with Gasteiger partial charge in [-0.1, -0.05) is 6.07 Å². The molecule has 1 aromatic heterocycles. The largest absolute Gasteiger partial charge is 0.376 e. The van der Waals surface area contributed by atoms with Crippen LogP contribution < -0.4 is 5.32 Å². The van der Waals surface area contributed by atoms with Gasteiger partial charge in [0.2, 0.25) is 0 Å². The molecule has 1 N–H and O–H groups in total. The molecule has 7 nitrogen and oxygen atoms in total. The molecule has 0 radical (unpaired) electrons. The maximum Gasteiger partial charge on any atom is 0.261 e. The van der Waals surface area contributed by atoms with Crippen LogP contribution in [0.4, 0.5) is 0 Å². The maximum atomic E-state index is 12.8. The van der Waals surface area contributed by atoms with Gasteiger partial charge >= 0.3 is 0 Å². The monoisotopic (exact) mass is 427 g/mol. The Labute approximate surface area is 179 Å². The summed E-state index contributed by atoms with van der Waals surface area (Å²) in [6.45, 7) is 1.37. The minimum atomic E-state index is -0.357. The smallest absolute Gasteiger partial charge is 0.261 e. The third kappa shape index (κ3) is 4.03. The van der Waals surface area contributed by atoms with Crippen molar-refractivity contribution in [2.75, 3.05) is 33.8 Å². The zero-order valence-electron chi connectivity index (χ0n) is 17.1. The van der Waals surface area contributed by atoms with Crippen LogP contribution >= 0.6 is 11.3 Å². The van der Waals surface area contributed by atoms with E-state index >= 15 is 0 Å². The molecule has 2 atom stereocenters. The first-order valence-electron chi connectivity index (χ1n) is 10.1. The highest BCUT2D eigenvalue weighted by molar-refractivity contribution is 7.10. The van der Waals surface area contributed by atoms with Gasteiger partial charge in [0.15, 0.2) is 0 Å². The summed E-state index contributed by atoms with van der Waals surface area (Å²) in [4.78, 5) is 42.6. The lowest BCUT2D eigenvalue weighted by molar-refractivity contribution is 0.0475. The third-order valence-corrected chi connectivity index (χ3v) is 6.57. The van der Waals surface area contributed by atoms with Gasteiger partial charge in [-0.25, -0.2) is 0 Å². The van der Waals surface area contributed by atoms with Gasteiger partial charge in [0.05, 0.1) is 29.8 Å². The van der Waals surface area contributed by atoms with Crippen LogP contribution in [-0.2, 0) is 4.74 Å². The Bertz CT molecular complexity index is 951. The van der Waals surface area contributed by atoms with Crippen LogP contribution in [0.15, 0.2) is 35.7 Å². The molecule has 3 heterocycles. The number of hydrogen-bond acceptors (Lipinski definition) is 6. The van der Waals surface area contributed by atoms with Crippen LogP contribution in [0, 0.1) is 0 Å². The molecular weight excluding hydrogens is 402 g/mol. The fourth-order valence-corrected chi connectivity index (χ4v) is 4.82. The predicted molar refractivity (Wildman–Crippen MR) is 114 cm³/mol. The predicted octanol–water partition coefficient (Wildman–Crippen LogP) is 2.56. The Kier molecular flexibility index (Phi) is 5.99. The van der Waals surface area contributed by atoms with Crippen molar-refractivity contribution in [1.82, 2.24) is 15.1 Å². The number of fused-ring (bicyclic) bond motifs is 1. The van der Waals surface area contributed by atoms with Crippen molar-refractivity contribution < 1.29 is 19.1 Å². The van der Waals surface area contributed by atoms with Gasteiger partial charge in [-0.15, -0.1) is 11.3 Å². The Morgan fingerprint density at radius 3 is 2.73 bits per heavy atom. The number of hydrogen-bond donors (Lipinski definition) is 1. The second-order valence-electron chi connectivity index (χ2n) is 7.82. The van der Waals surface area contributed by atoms with Crippen LogP contribution in [0.1, 0.15) is 54.8 Å². The summed E-state index contributed by atoms with van der Waals surface area (Å²) < 4.78 is 5.56. The highest BCUT2D eigenvalue weighted by Crippen LogP contribution is 2.26. The van der Waals surface area contributed by atoms with Crippen LogP contribution in [0.3, 0.4) is 0 Å². The minimum Gasteiger partial charge on any atom is -0.376 e. The first-order valence-corrected chi connectivity index (χ1v) is 10.9. The highest BCUT2D eigenvalue weighted by atomic mass is 32.1. The summed E-state index contributed by atoms with van der Waals surface area (Å²) >= 11 is 1.65. The number of amides is 3. The molecule has 2 aliphatic rings. The van der Waals surface area contributed by atoms with E-state index in [1.807, 2.05) is 31.6 Å². The topological polar surface area (TPSA) is 79.0 Å². The number of benzene rings is 1. The minimum absolute atomic E-state index is 0.0634. The number of rotatable bonds is 7. The zero-order chi connectivity index (χ0) is 21.3. The number of imide groups is 1. The van der Waals surface area contributed by atoms with Gasteiger partial charge in [-0.2, -0.15) is 0 Å². The number of nitrogens with zero attached hydrogens (tertiary/aromatic N) is 2. The molecule has 158 valence electrons. The molecule has 0 bridgehead atoms. The van der Waals surface area contributed by atoms with Gasteiger partial charge in [-0.3, -0.25) is 19.3 Å². The molecule has 2 aliphatic heterocycles. The van der Waals surface area contributed by atoms with Crippen LogP contribution in [-0.4, -0.2) is 67.4 Å². The molecule has 2 unspecified atom stereocenters. The zero-order valence-corrected chi connectivity index (χ0v) is 17.9. The molecule has 30 heavy (non-hydrogen) atoms. The van der Waals surface area contributed by atoms with Gasteiger partial charge in [0, 0.05) is 23.6 Å². The summed E-state index contributed by atoms with van der Waals surface area (Å²) in [6.07, 6.45) is 1.69.